The molecule has 1 aromatic heterocycles. The molecule has 84 valence electrons. The van der Waals surface area contributed by atoms with Crippen molar-refractivity contribution in [2.45, 2.75) is 13.3 Å². The van der Waals surface area contributed by atoms with Gasteiger partial charge in [-0.05, 0) is 34.5 Å². The summed E-state index contributed by atoms with van der Waals surface area (Å²) in [5, 5.41) is 0.887. The molecule has 1 aromatic carbocycles. The van der Waals surface area contributed by atoms with Crippen molar-refractivity contribution in [3.05, 3.63) is 34.5 Å². The zero-order valence-electron chi connectivity index (χ0n) is 8.83. The van der Waals surface area contributed by atoms with E-state index in [-0.39, 0.29) is 5.76 Å². The Labute approximate surface area is 102 Å². The van der Waals surface area contributed by atoms with E-state index in [2.05, 4.69) is 15.9 Å². The molecule has 0 saturated carbocycles. The minimum Gasteiger partial charge on any atom is -0.460 e. The van der Waals surface area contributed by atoms with Crippen LogP contribution >= 0.6 is 15.9 Å². The van der Waals surface area contributed by atoms with E-state index in [1.54, 1.807) is 6.07 Å². The van der Waals surface area contributed by atoms with Crippen molar-refractivity contribution in [2.75, 3.05) is 6.61 Å². The van der Waals surface area contributed by atoms with Gasteiger partial charge in [0, 0.05) is 5.39 Å². The Morgan fingerprint density at radius 1 is 1.50 bits per heavy atom. The Morgan fingerprint density at radius 2 is 2.31 bits per heavy atom. The van der Waals surface area contributed by atoms with Crippen molar-refractivity contribution in [1.82, 2.24) is 0 Å². The number of esters is 1. The third kappa shape index (κ3) is 2.11. The third-order valence-electron chi connectivity index (χ3n) is 2.13. The molecule has 2 rings (SSSR count). The maximum Gasteiger partial charge on any atom is 0.374 e. The van der Waals surface area contributed by atoms with Crippen LogP contribution in [0.1, 0.15) is 23.9 Å². The Balaban J connectivity index is 2.32. The Hall–Kier alpha value is -1.29. The highest BCUT2D eigenvalue weighted by molar-refractivity contribution is 9.10. The number of rotatable bonds is 3. The largest absolute Gasteiger partial charge is 0.460 e. The molecule has 0 saturated heterocycles. The van der Waals surface area contributed by atoms with E-state index < -0.39 is 5.97 Å². The maximum absolute atomic E-state index is 11.6. The van der Waals surface area contributed by atoms with E-state index in [4.69, 9.17) is 9.15 Å². The summed E-state index contributed by atoms with van der Waals surface area (Å²) >= 11 is 3.37. The molecule has 0 amide bonds. The molecule has 0 fully saturated rings. The molecular weight excluding hydrogens is 272 g/mol. The molecule has 0 atom stereocenters. The monoisotopic (exact) mass is 282 g/mol. The SMILES string of the molecule is CCCOC(=O)c1cc2cccc(Br)c2o1. The summed E-state index contributed by atoms with van der Waals surface area (Å²) in [6.07, 6.45) is 0.801. The van der Waals surface area contributed by atoms with Gasteiger partial charge < -0.3 is 9.15 Å². The number of para-hydroxylation sites is 1. The van der Waals surface area contributed by atoms with Gasteiger partial charge in [0.1, 0.15) is 5.58 Å². The lowest BCUT2D eigenvalue weighted by atomic mass is 10.2. The standard InChI is InChI=1S/C12H11BrO3/c1-2-6-15-12(14)10-7-8-4-3-5-9(13)11(8)16-10/h3-5,7H,2,6H2,1H3. The van der Waals surface area contributed by atoms with Crippen LogP contribution in [0.4, 0.5) is 0 Å². The molecule has 16 heavy (non-hydrogen) atoms. The van der Waals surface area contributed by atoms with Gasteiger partial charge in [0.05, 0.1) is 11.1 Å². The summed E-state index contributed by atoms with van der Waals surface area (Å²) in [5.74, 6) is -0.166. The van der Waals surface area contributed by atoms with Gasteiger partial charge in [0.2, 0.25) is 5.76 Å². The van der Waals surface area contributed by atoms with Crippen LogP contribution in [0.5, 0.6) is 0 Å². The Bertz CT molecular complexity index is 516. The second-order valence-electron chi connectivity index (χ2n) is 3.40. The molecular formula is C12H11BrO3. The first-order valence-electron chi connectivity index (χ1n) is 5.07. The number of carbonyl (C=O) groups is 1. The van der Waals surface area contributed by atoms with Crippen LogP contribution in [0.3, 0.4) is 0 Å². The van der Waals surface area contributed by atoms with Crippen molar-refractivity contribution in [1.29, 1.82) is 0 Å². The van der Waals surface area contributed by atoms with Crippen LogP contribution in [0.15, 0.2) is 33.2 Å². The fraction of sp³-hybridized carbons (Fsp3) is 0.250. The first-order chi connectivity index (χ1) is 7.72. The van der Waals surface area contributed by atoms with Gasteiger partial charge in [-0.15, -0.1) is 0 Å². The first-order valence-corrected chi connectivity index (χ1v) is 5.87. The summed E-state index contributed by atoms with van der Waals surface area (Å²) < 4.78 is 11.3. The molecule has 1 heterocycles. The van der Waals surface area contributed by atoms with E-state index in [9.17, 15) is 4.79 Å². The van der Waals surface area contributed by atoms with Crippen molar-refractivity contribution >= 4 is 32.9 Å². The summed E-state index contributed by atoms with van der Waals surface area (Å²) in [6, 6.07) is 7.34. The van der Waals surface area contributed by atoms with Crippen molar-refractivity contribution < 1.29 is 13.9 Å². The number of ether oxygens (including phenoxy) is 1. The van der Waals surface area contributed by atoms with Gasteiger partial charge in [-0.1, -0.05) is 19.1 Å². The smallest absolute Gasteiger partial charge is 0.374 e. The number of furan rings is 1. The molecule has 0 N–H and O–H groups in total. The fourth-order valence-electron chi connectivity index (χ4n) is 1.39. The first kappa shape index (κ1) is 11.2. The van der Waals surface area contributed by atoms with Gasteiger partial charge in [-0.3, -0.25) is 0 Å². The maximum atomic E-state index is 11.6. The highest BCUT2D eigenvalue weighted by atomic mass is 79.9. The fourth-order valence-corrected chi connectivity index (χ4v) is 1.86. The zero-order chi connectivity index (χ0) is 11.5. The highest BCUT2D eigenvalue weighted by Gasteiger charge is 2.14. The van der Waals surface area contributed by atoms with Crippen LogP contribution in [-0.2, 0) is 4.74 Å². The minimum atomic E-state index is -0.412. The average Bonchev–Trinajstić information content (AvgIpc) is 2.71. The van der Waals surface area contributed by atoms with Gasteiger partial charge in [0.25, 0.3) is 0 Å². The van der Waals surface area contributed by atoms with Crippen molar-refractivity contribution in [3.63, 3.8) is 0 Å². The number of hydrogen-bond acceptors (Lipinski definition) is 3. The second kappa shape index (κ2) is 4.70. The van der Waals surface area contributed by atoms with E-state index in [1.165, 1.54) is 0 Å². The lowest BCUT2D eigenvalue weighted by Gasteiger charge is -1.98. The lowest BCUT2D eigenvalue weighted by Crippen LogP contribution is -2.04. The van der Waals surface area contributed by atoms with Gasteiger partial charge in [-0.25, -0.2) is 4.79 Å². The topological polar surface area (TPSA) is 39.4 Å². The predicted molar refractivity (Wildman–Crippen MR) is 64.5 cm³/mol. The normalized spacial score (nSPS) is 10.6. The van der Waals surface area contributed by atoms with Gasteiger partial charge >= 0.3 is 5.97 Å². The van der Waals surface area contributed by atoms with Crippen LogP contribution in [0.25, 0.3) is 11.0 Å². The summed E-state index contributed by atoms with van der Waals surface area (Å²) in [5.41, 5.74) is 0.672. The molecule has 4 heteroatoms. The van der Waals surface area contributed by atoms with Crippen molar-refractivity contribution in [3.8, 4) is 0 Å². The number of hydrogen-bond donors (Lipinski definition) is 0. The van der Waals surface area contributed by atoms with Gasteiger partial charge in [0.15, 0.2) is 0 Å². The van der Waals surface area contributed by atoms with Gasteiger partial charge in [-0.2, -0.15) is 0 Å². The number of benzene rings is 1. The Kier molecular flexibility index (Phi) is 3.29. The number of carbonyl (C=O) groups excluding carboxylic acids is 1. The van der Waals surface area contributed by atoms with Crippen LogP contribution in [-0.4, -0.2) is 12.6 Å². The summed E-state index contributed by atoms with van der Waals surface area (Å²) in [7, 11) is 0. The highest BCUT2D eigenvalue weighted by Crippen LogP contribution is 2.27. The van der Waals surface area contributed by atoms with Crippen molar-refractivity contribution in [2.24, 2.45) is 0 Å². The average molecular weight is 283 g/mol. The quantitative estimate of drug-likeness (QED) is 0.805. The molecule has 0 unspecified atom stereocenters. The van der Waals surface area contributed by atoms with Crippen LogP contribution < -0.4 is 0 Å². The molecule has 0 radical (unpaired) electrons. The van der Waals surface area contributed by atoms with E-state index in [1.807, 2.05) is 25.1 Å². The molecule has 0 aliphatic heterocycles. The number of halogens is 1. The summed E-state index contributed by atoms with van der Waals surface area (Å²) in [6.45, 7) is 2.36. The molecule has 0 spiro atoms. The molecule has 0 aliphatic carbocycles. The van der Waals surface area contributed by atoms with E-state index in [0.29, 0.717) is 12.2 Å². The third-order valence-corrected chi connectivity index (χ3v) is 2.76. The lowest BCUT2D eigenvalue weighted by molar-refractivity contribution is 0.0471. The van der Waals surface area contributed by atoms with E-state index in [0.717, 1.165) is 16.3 Å². The van der Waals surface area contributed by atoms with Crippen LogP contribution in [0.2, 0.25) is 0 Å². The molecule has 2 aromatic rings. The zero-order valence-corrected chi connectivity index (χ0v) is 10.4. The van der Waals surface area contributed by atoms with Crippen LogP contribution in [0, 0.1) is 0 Å². The number of fused-ring (bicyclic) bond motifs is 1. The summed E-state index contributed by atoms with van der Waals surface area (Å²) in [4.78, 5) is 11.6. The molecule has 3 nitrogen and oxygen atoms in total. The molecule has 0 aliphatic rings. The van der Waals surface area contributed by atoms with E-state index >= 15 is 0 Å². The minimum absolute atomic E-state index is 0.246. The second-order valence-corrected chi connectivity index (χ2v) is 4.26. The molecule has 0 bridgehead atoms. The predicted octanol–water partition coefficient (Wildman–Crippen LogP) is 3.76. The Morgan fingerprint density at radius 3 is 3.00 bits per heavy atom.